The highest BCUT2D eigenvalue weighted by molar-refractivity contribution is 5.36. The molecule has 0 aromatic carbocycles. The molecule has 1 heterocycles. The summed E-state index contributed by atoms with van der Waals surface area (Å²) < 4.78 is 0. The first-order valence-electron chi connectivity index (χ1n) is 6.40. The van der Waals surface area contributed by atoms with Crippen molar-refractivity contribution in [2.75, 3.05) is 11.9 Å². The van der Waals surface area contributed by atoms with Crippen LogP contribution in [0.25, 0.3) is 0 Å². The molecule has 0 unspecified atom stereocenters. The van der Waals surface area contributed by atoms with E-state index >= 15 is 0 Å². The van der Waals surface area contributed by atoms with E-state index in [-0.39, 0.29) is 0 Å². The summed E-state index contributed by atoms with van der Waals surface area (Å²) in [4.78, 5) is 4.33. The lowest BCUT2D eigenvalue weighted by Crippen LogP contribution is -2.20. The molecule has 1 saturated carbocycles. The summed E-state index contributed by atoms with van der Waals surface area (Å²) in [5, 5.41) is 3.46. The Morgan fingerprint density at radius 3 is 2.75 bits per heavy atom. The van der Waals surface area contributed by atoms with Gasteiger partial charge in [-0.15, -0.1) is 0 Å². The smallest absolute Gasteiger partial charge is 0.126 e. The molecule has 2 heteroatoms. The Labute approximate surface area is 98.5 Å². The second kappa shape index (κ2) is 5.33. The fourth-order valence-electron chi connectivity index (χ4n) is 2.41. The fourth-order valence-corrected chi connectivity index (χ4v) is 2.41. The van der Waals surface area contributed by atoms with Crippen LogP contribution in [0.2, 0.25) is 0 Å². The molecule has 16 heavy (non-hydrogen) atoms. The molecule has 0 spiro atoms. The molecule has 0 atom stereocenters. The molecule has 1 aromatic heterocycles. The topological polar surface area (TPSA) is 24.9 Å². The minimum atomic E-state index is 0.846. The summed E-state index contributed by atoms with van der Waals surface area (Å²) in [6.45, 7) is 5.56. The van der Waals surface area contributed by atoms with Gasteiger partial charge in [0, 0.05) is 12.7 Å². The first-order chi connectivity index (χ1) is 7.74. The minimum absolute atomic E-state index is 0.846. The van der Waals surface area contributed by atoms with Crippen LogP contribution in [0.5, 0.6) is 0 Å². The summed E-state index contributed by atoms with van der Waals surface area (Å²) in [6.07, 6.45) is 7.42. The van der Waals surface area contributed by atoms with Gasteiger partial charge in [0.15, 0.2) is 0 Å². The summed E-state index contributed by atoms with van der Waals surface area (Å²) in [5.41, 5.74) is 1.27. The number of nitrogens with one attached hydrogen (secondary N) is 1. The van der Waals surface area contributed by atoms with Gasteiger partial charge in [0.25, 0.3) is 0 Å². The van der Waals surface area contributed by atoms with Gasteiger partial charge in [-0.2, -0.15) is 0 Å². The van der Waals surface area contributed by atoms with E-state index in [1.807, 2.05) is 12.3 Å². The Hall–Kier alpha value is -1.05. The second-order valence-electron chi connectivity index (χ2n) is 5.23. The SMILES string of the molecule is Cc1ccnc(NCC2CCC(C)CC2)c1. The standard InChI is InChI=1S/C14H22N2/c1-11-3-5-13(6-4-11)10-16-14-9-12(2)7-8-15-14/h7-9,11,13H,3-6,10H2,1-2H3,(H,15,16). The molecule has 2 rings (SSSR count). The lowest BCUT2D eigenvalue weighted by atomic mass is 9.83. The Morgan fingerprint density at radius 2 is 2.06 bits per heavy atom. The summed E-state index contributed by atoms with van der Waals surface area (Å²) in [5.74, 6) is 2.81. The Kier molecular flexibility index (Phi) is 3.81. The molecular formula is C14H22N2. The van der Waals surface area contributed by atoms with Crippen molar-refractivity contribution in [1.29, 1.82) is 0 Å². The molecule has 0 aliphatic heterocycles. The van der Waals surface area contributed by atoms with Crippen LogP contribution in [0.15, 0.2) is 18.3 Å². The molecule has 0 saturated heterocycles. The van der Waals surface area contributed by atoms with Gasteiger partial charge in [0.1, 0.15) is 5.82 Å². The molecule has 1 N–H and O–H groups in total. The zero-order valence-electron chi connectivity index (χ0n) is 10.4. The predicted molar refractivity (Wildman–Crippen MR) is 68.6 cm³/mol. The zero-order chi connectivity index (χ0) is 11.4. The number of rotatable bonds is 3. The van der Waals surface area contributed by atoms with E-state index < -0.39 is 0 Å². The van der Waals surface area contributed by atoms with Gasteiger partial charge in [-0.25, -0.2) is 4.98 Å². The van der Waals surface area contributed by atoms with Gasteiger partial charge in [-0.05, 0) is 49.3 Å². The molecule has 1 aromatic rings. The first kappa shape index (κ1) is 11.4. The Bertz CT molecular complexity index is 327. The number of aryl methyl sites for hydroxylation is 1. The van der Waals surface area contributed by atoms with Crippen molar-refractivity contribution in [1.82, 2.24) is 4.98 Å². The molecule has 0 radical (unpaired) electrons. The van der Waals surface area contributed by atoms with Gasteiger partial charge in [0.05, 0.1) is 0 Å². The van der Waals surface area contributed by atoms with Crippen molar-refractivity contribution in [2.24, 2.45) is 11.8 Å². The predicted octanol–water partition coefficient (Wildman–Crippen LogP) is 3.63. The Morgan fingerprint density at radius 1 is 1.31 bits per heavy atom. The van der Waals surface area contributed by atoms with Crippen LogP contribution in [0, 0.1) is 18.8 Å². The van der Waals surface area contributed by atoms with Crippen molar-refractivity contribution >= 4 is 5.82 Å². The summed E-state index contributed by atoms with van der Waals surface area (Å²) in [6, 6.07) is 4.15. The van der Waals surface area contributed by atoms with Crippen LogP contribution in [-0.2, 0) is 0 Å². The Balaban J connectivity index is 1.79. The molecule has 0 amide bonds. The van der Waals surface area contributed by atoms with Crippen LogP contribution in [0.4, 0.5) is 5.82 Å². The first-order valence-corrected chi connectivity index (χ1v) is 6.40. The molecule has 2 nitrogen and oxygen atoms in total. The average Bonchev–Trinajstić information content (AvgIpc) is 2.28. The van der Waals surface area contributed by atoms with E-state index in [1.54, 1.807) is 0 Å². The third-order valence-corrected chi connectivity index (χ3v) is 3.62. The highest BCUT2D eigenvalue weighted by Crippen LogP contribution is 2.28. The van der Waals surface area contributed by atoms with E-state index in [9.17, 15) is 0 Å². The molecular weight excluding hydrogens is 196 g/mol. The van der Waals surface area contributed by atoms with Gasteiger partial charge < -0.3 is 5.32 Å². The number of hydrogen-bond acceptors (Lipinski definition) is 2. The van der Waals surface area contributed by atoms with Gasteiger partial charge in [-0.3, -0.25) is 0 Å². The highest BCUT2D eigenvalue weighted by Gasteiger charge is 2.17. The molecule has 0 bridgehead atoms. The molecule has 1 aliphatic rings. The highest BCUT2D eigenvalue weighted by atomic mass is 15.0. The van der Waals surface area contributed by atoms with E-state index in [2.05, 4.69) is 30.2 Å². The average molecular weight is 218 g/mol. The maximum absolute atomic E-state index is 4.33. The second-order valence-corrected chi connectivity index (χ2v) is 5.23. The van der Waals surface area contributed by atoms with Crippen LogP contribution >= 0.6 is 0 Å². The normalized spacial score (nSPS) is 25.4. The minimum Gasteiger partial charge on any atom is -0.370 e. The van der Waals surface area contributed by atoms with Gasteiger partial charge >= 0.3 is 0 Å². The number of hydrogen-bond donors (Lipinski definition) is 1. The molecule has 1 aliphatic carbocycles. The van der Waals surface area contributed by atoms with Crippen molar-refractivity contribution in [3.8, 4) is 0 Å². The summed E-state index contributed by atoms with van der Waals surface area (Å²) >= 11 is 0. The van der Waals surface area contributed by atoms with Crippen LogP contribution in [0.3, 0.4) is 0 Å². The van der Waals surface area contributed by atoms with Crippen molar-refractivity contribution in [2.45, 2.75) is 39.5 Å². The largest absolute Gasteiger partial charge is 0.370 e. The number of anilines is 1. The van der Waals surface area contributed by atoms with Crippen LogP contribution < -0.4 is 5.32 Å². The van der Waals surface area contributed by atoms with E-state index in [1.165, 1.54) is 31.2 Å². The van der Waals surface area contributed by atoms with Gasteiger partial charge in [-0.1, -0.05) is 19.8 Å². The monoisotopic (exact) mass is 218 g/mol. The number of pyridine rings is 1. The number of aromatic nitrogens is 1. The van der Waals surface area contributed by atoms with Gasteiger partial charge in [0.2, 0.25) is 0 Å². The summed E-state index contributed by atoms with van der Waals surface area (Å²) in [7, 11) is 0. The third-order valence-electron chi connectivity index (χ3n) is 3.62. The number of nitrogens with zero attached hydrogens (tertiary/aromatic N) is 1. The van der Waals surface area contributed by atoms with Crippen molar-refractivity contribution < 1.29 is 0 Å². The van der Waals surface area contributed by atoms with E-state index in [0.717, 1.165) is 24.2 Å². The quantitative estimate of drug-likeness (QED) is 0.838. The third kappa shape index (κ3) is 3.22. The van der Waals surface area contributed by atoms with Crippen LogP contribution in [0.1, 0.15) is 38.2 Å². The fraction of sp³-hybridized carbons (Fsp3) is 0.643. The maximum atomic E-state index is 4.33. The van der Waals surface area contributed by atoms with Crippen molar-refractivity contribution in [3.05, 3.63) is 23.9 Å². The maximum Gasteiger partial charge on any atom is 0.126 e. The lowest BCUT2D eigenvalue weighted by molar-refractivity contribution is 0.300. The zero-order valence-corrected chi connectivity index (χ0v) is 10.4. The van der Waals surface area contributed by atoms with E-state index in [0.29, 0.717) is 0 Å². The van der Waals surface area contributed by atoms with Crippen molar-refractivity contribution in [3.63, 3.8) is 0 Å². The lowest BCUT2D eigenvalue weighted by Gasteiger charge is -2.26. The van der Waals surface area contributed by atoms with Crippen LogP contribution in [-0.4, -0.2) is 11.5 Å². The molecule has 88 valence electrons. The van der Waals surface area contributed by atoms with E-state index in [4.69, 9.17) is 0 Å². The molecule has 1 fully saturated rings.